The second-order valence-electron chi connectivity index (χ2n) is 2.62. The lowest BCUT2D eigenvalue weighted by Gasteiger charge is -2.04. The van der Waals surface area contributed by atoms with E-state index in [4.69, 9.17) is 16.3 Å². The molecular weight excluding hydrogens is 176 g/mol. The van der Waals surface area contributed by atoms with Crippen LogP contribution in [0.5, 0.6) is 0 Å². The van der Waals surface area contributed by atoms with Crippen LogP contribution in [0, 0.1) is 0 Å². The van der Waals surface area contributed by atoms with Gasteiger partial charge in [-0.1, -0.05) is 11.6 Å². The van der Waals surface area contributed by atoms with Crippen LogP contribution in [-0.2, 0) is 11.3 Å². The zero-order valence-corrected chi connectivity index (χ0v) is 7.27. The molecule has 1 aliphatic heterocycles. The minimum atomic E-state index is 0.517. The Morgan fingerprint density at radius 3 is 3.33 bits per heavy atom. The predicted octanol–water partition coefficient (Wildman–Crippen LogP) is 1.68. The van der Waals surface area contributed by atoms with Gasteiger partial charge in [-0.05, 0) is 12.1 Å². The van der Waals surface area contributed by atoms with Crippen LogP contribution in [0.25, 0.3) is 0 Å². The number of anilines is 1. The van der Waals surface area contributed by atoms with Crippen LogP contribution in [0.15, 0.2) is 12.1 Å². The van der Waals surface area contributed by atoms with Crippen molar-refractivity contribution in [2.75, 3.05) is 18.5 Å². The number of ether oxygens (including phenoxy) is 1. The molecule has 0 radical (unpaired) electrons. The zero-order chi connectivity index (χ0) is 8.39. The maximum absolute atomic E-state index is 5.74. The minimum absolute atomic E-state index is 0.517. The fraction of sp³-hybridized carbons (Fsp3) is 0.375. The van der Waals surface area contributed by atoms with Crippen molar-refractivity contribution in [1.29, 1.82) is 0 Å². The Morgan fingerprint density at radius 2 is 2.42 bits per heavy atom. The number of nitrogens with one attached hydrogen (secondary N) is 1. The number of aromatic nitrogens is 1. The molecule has 0 saturated heterocycles. The number of nitrogens with zero attached hydrogens (tertiary/aromatic N) is 1. The molecule has 0 aliphatic carbocycles. The summed E-state index contributed by atoms with van der Waals surface area (Å²) in [6, 6.07) is 3.71. The fourth-order valence-corrected chi connectivity index (χ4v) is 1.30. The molecule has 4 heteroatoms. The Labute approximate surface area is 75.7 Å². The maximum atomic E-state index is 5.74. The average Bonchev–Trinajstić information content (AvgIpc) is 2.28. The van der Waals surface area contributed by atoms with Crippen molar-refractivity contribution in [3.05, 3.63) is 22.8 Å². The second kappa shape index (κ2) is 3.29. The first kappa shape index (κ1) is 7.83. The van der Waals surface area contributed by atoms with Crippen molar-refractivity contribution in [2.45, 2.75) is 6.61 Å². The highest BCUT2D eigenvalue weighted by Gasteiger charge is 2.08. The van der Waals surface area contributed by atoms with E-state index in [0.717, 1.165) is 17.9 Å². The molecule has 0 spiro atoms. The summed E-state index contributed by atoms with van der Waals surface area (Å²) in [4.78, 5) is 4.15. The van der Waals surface area contributed by atoms with E-state index >= 15 is 0 Å². The van der Waals surface area contributed by atoms with Gasteiger partial charge in [0.05, 0.1) is 13.2 Å². The number of pyridine rings is 1. The summed E-state index contributed by atoms with van der Waals surface area (Å²) in [7, 11) is 0. The first-order valence-electron chi connectivity index (χ1n) is 3.83. The maximum Gasteiger partial charge on any atom is 0.133 e. The molecule has 0 unspecified atom stereocenters. The molecule has 1 aromatic rings. The van der Waals surface area contributed by atoms with Gasteiger partial charge in [-0.3, -0.25) is 0 Å². The first-order chi connectivity index (χ1) is 5.86. The van der Waals surface area contributed by atoms with E-state index < -0.39 is 0 Å². The van der Waals surface area contributed by atoms with Gasteiger partial charge in [0.15, 0.2) is 0 Å². The van der Waals surface area contributed by atoms with Crippen LogP contribution < -0.4 is 5.32 Å². The third-order valence-corrected chi connectivity index (χ3v) is 1.95. The molecule has 0 fully saturated rings. The molecule has 3 nitrogen and oxygen atoms in total. The molecule has 2 heterocycles. The van der Waals surface area contributed by atoms with Gasteiger partial charge < -0.3 is 10.1 Å². The molecular formula is C8H9ClN2O. The van der Waals surface area contributed by atoms with Crippen LogP contribution in [0.1, 0.15) is 5.56 Å². The molecule has 0 aromatic carbocycles. The Kier molecular flexibility index (Phi) is 2.15. The van der Waals surface area contributed by atoms with Crippen LogP contribution in [0.2, 0.25) is 5.15 Å². The van der Waals surface area contributed by atoms with E-state index in [2.05, 4.69) is 10.3 Å². The van der Waals surface area contributed by atoms with Crippen molar-refractivity contribution in [3.63, 3.8) is 0 Å². The summed E-state index contributed by atoms with van der Waals surface area (Å²) in [6.45, 7) is 2.13. The SMILES string of the molecule is Clc1ccc2c(n1)NCCOC2. The molecule has 1 aliphatic rings. The molecule has 0 amide bonds. The van der Waals surface area contributed by atoms with Crippen LogP contribution in [0.3, 0.4) is 0 Å². The highest BCUT2D eigenvalue weighted by Crippen LogP contribution is 2.18. The highest BCUT2D eigenvalue weighted by molar-refractivity contribution is 6.29. The van der Waals surface area contributed by atoms with E-state index in [1.54, 1.807) is 6.07 Å². The van der Waals surface area contributed by atoms with E-state index in [1.807, 2.05) is 6.07 Å². The van der Waals surface area contributed by atoms with Crippen LogP contribution >= 0.6 is 11.6 Å². The smallest absolute Gasteiger partial charge is 0.133 e. The normalized spacial score (nSPS) is 16.1. The number of rotatable bonds is 0. The van der Waals surface area contributed by atoms with Crippen molar-refractivity contribution in [1.82, 2.24) is 4.98 Å². The first-order valence-corrected chi connectivity index (χ1v) is 4.21. The van der Waals surface area contributed by atoms with Gasteiger partial charge in [-0.15, -0.1) is 0 Å². The summed E-state index contributed by atoms with van der Waals surface area (Å²) in [6.07, 6.45) is 0. The van der Waals surface area contributed by atoms with Gasteiger partial charge >= 0.3 is 0 Å². The fourth-order valence-electron chi connectivity index (χ4n) is 1.16. The minimum Gasteiger partial charge on any atom is -0.375 e. The average molecular weight is 185 g/mol. The lowest BCUT2D eigenvalue weighted by molar-refractivity contribution is 0.134. The predicted molar refractivity (Wildman–Crippen MR) is 47.4 cm³/mol. The van der Waals surface area contributed by atoms with Crippen LogP contribution in [0.4, 0.5) is 5.82 Å². The van der Waals surface area contributed by atoms with E-state index in [1.165, 1.54) is 0 Å². The van der Waals surface area contributed by atoms with Gasteiger partial charge in [0.25, 0.3) is 0 Å². The summed E-state index contributed by atoms with van der Waals surface area (Å²) >= 11 is 5.74. The molecule has 12 heavy (non-hydrogen) atoms. The third kappa shape index (κ3) is 1.52. The van der Waals surface area contributed by atoms with Crippen molar-refractivity contribution >= 4 is 17.4 Å². The topological polar surface area (TPSA) is 34.2 Å². The lowest BCUT2D eigenvalue weighted by Crippen LogP contribution is -2.05. The molecule has 1 aromatic heterocycles. The Balaban J connectivity index is 2.36. The quantitative estimate of drug-likeness (QED) is 0.623. The third-order valence-electron chi connectivity index (χ3n) is 1.74. The molecule has 0 saturated carbocycles. The number of hydrogen-bond acceptors (Lipinski definition) is 3. The molecule has 1 N–H and O–H groups in total. The van der Waals surface area contributed by atoms with E-state index in [9.17, 15) is 0 Å². The second-order valence-corrected chi connectivity index (χ2v) is 3.01. The molecule has 64 valence electrons. The number of hydrogen-bond donors (Lipinski definition) is 1. The molecule has 2 rings (SSSR count). The summed E-state index contributed by atoms with van der Waals surface area (Å²) < 4.78 is 5.32. The van der Waals surface area contributed by atoms with Gasteiger partial charge in [0.1, 0.15) is 11.0 Å². The van der Waals surface area contributed by atoms with E-state index in [-0.39, 0.29) is 0 Å². The Morgan fingerprint density at radius 1 is 1.50 bits per heavy atom. The number of halogens is 1. The van der Waals surface area contributed by atoms with Crippen molar-refractivity contribution in [3.8, 4) is 0 Å². The molecule has 0 bridgehead atoms. The van der Waals surface area contributed by atoms with Gasteiger partial charge in [-0.2, -0.15) is 0 Å². The van der Waals surface area contributed by atoms with Crippen LogP contribution in [-0.4, -0.2) is 18.1 Å². The standard InChI is InChI=1S/C8H9ClN2O/c9-7-2-1-6-5-12-4-3-10-8(6)11-7/h1-2H,3-5H2,(H,10,11). The largest absolute Gasteiger partial charge is 0.375 e. The van der Waals surface area contributed by atoms with E-state index in [0.29, 0.717) is 18.4 Å². The van der Waals surface area contributed by atoms with Crippen molar-refractivity contribution in [2.24, 2.45) is 0 Å². The highest BCUT2D eigenvalue weighted by atomic mass is 35.5. The van der Waals surface area contributed by atoms with Gasteiger partial charge in [-0.25, -0.2) is 4.98 Å². The van der Waals surface area contributed by atoms with Gasteiger partial charge in [0, 0.05) is 12.1 Å². The summed E-state index contributed by atoms with van der Waals surface area (Å²) in [5.41, 5.74) is 1.07. The van der Waals surface area contributed by atoms with Gasteiger partial charge in [0.2, 0.25) is 0 Å². The monoisotopic (exact) mass is 184 g/mol. The Hall–Kier alpha value is -0.800. The number of fused-ring (bicyclic) bond motifs is 1. The zero-order valence-electron chi connectivity index (χ0n) is 6.51. The van der Waals surface area contributed by atoms with Crippen molar-refractivity contribution < 1.29 is 4.74 Å². The summed E-state index contributed by atoms with van der Waals surface area (Å²) in [5, 5.41) is 3.66. The lowest BCUT2D eigenvalue weighted by atomic mass is 10.3. The summed E-state index contributed by atoms with van der Waals surface area (Å²) in [5.74, 6) is 0.847. The Bertz CT molecular complexity index is 290. The molecule has 0 atom stereocenters.